The first kappa shape index (κ1) is 24.0. The second-order valence-corrected chi connectivity index (χ2v) is 8.95. The zero-order valence-corrected chi connectivity index (χ0v) is 20.2. The predicted molar refractivity (Wildman–Crippen MR) is 139 cm³/mol. The van der Waals surface area contributed by atoms with Gasteiger partial charge < -0.3 is 10.2 Å². The number of aromatic amines is 1. The minimum atomic E-state index is -0.172. The van der Waals surface area contributed by atoms with Gasteiger partial charge in [-0.05, 0) is 72.0 Å². The molecule has 0 aliphatic carbocycles. The first-order valence-corrected chi connectivity index (χ1v) is 11.5. The fourth-order valence-electron chi connectivity index (χ4n) is 4.26. The van der Waals surface area contributed by atoms with Crippen LogP contribution in [-0.4, -0.2) is 15.9 Å². The molecule has 0 aliphatic rings. The van der Waals surface area contributed by atoms with E-state index in [1.165, 1.54) is 0 Å². The summed E-state index contributed by atoms with van der Waals surface area (Å²) < 4.78 is 0. The Kier molecular flexibility index (Phi) is 7.14. The molecular weight excluding hydrogens is 458 g/mol. The number of aromatic nitrogens is 1. The summed E-state index contributed by atoms with van der Waals surface area (Å²) in [4.78, 5) is 14.5. The van der Waals surface area contributed by atoms with Gasteiger partial charge in [-0.15, -0.1) is 0 Å². The summed E-state index contributed by atoms with van der Waals surface area (Å²) in [6.07, 6.45) is 1.99. The van der Waals surface area contributed by atoms with Gasteiger partial charge >= 0.3 is 0 Å². The molecule has 1 heterocycles. The smallest absolute Gasteiger partial charge is 0.250 e. The van der Waals surface area contributed by atoms with Crippen molar-refractivity contribution in [1.82, 2.24) is 4.98 Å². The minimum absolute atomic E-state index is 0.111. The van der Waals surface area contributed by atoms with Crippen LogP contribution in [0, 0.1) is 25.2 Å². The Balaban J connectivity index is 1.73. The third-order valence-corrected chi connectivity index (χ3v) is 6.44. The van der Waals surface area contributed by atoms with Crippen molar-refractivity contribution in [2.75, 3.05) is 0 Å². The van der Waals surface area contributed by atoms with Crippen molar-refractivity contribution < 1.29 is 5.21 Å². The van der Waals surface area contributed by atoms with E-state index in [0.717, 1.165) is 27.8 Å². The Morgan fingerprint density at radius 1 is 1.00 bits per heavy atom. The molecule has 0 aliphatic heterocycles. The lowest BCUT2D eigenvalue weighted by Crippen LogP contribution is -2.15. The quantitative estimate of drug-likeness (QED) is 0.185. The molecule has 0 bridgehead atoms. The number of hydrogen-bond donors (Lipinski definition) is 2. The van der Waals surface area contributed by atoms with Gasteiger partial charge in [-0.2, -0.15) is 5.26 Å². The molecule has 4 aromatic rings. The molecule has 0 radical (unpaired) electrons. The number of benzene rings is 3. The summed E-state index contributed by atoms with van der Waals surface area (Å²) >= 11 is 6.22. The topological polar surface area (TPSA) is 89.2 Å². The number of nitrogens with one attached hydrogen (secondary N) is 1. The van der Waals surface area contributed by atoms with Gasteiger partial charge in [0.15, 0.2) is 0 Å². The maximum Gasteiger partial charge on any atom is 0.250 e. The molecule has 0 amide bonds. The van der Waals surface area contributed by atoms with Crippen LogP contribution in [0.4, 0.5) is 0 Å². The molecule has 0 spiro atoms. The molecule has 3 aromatic carbocycles. The van der Waals surface area contributed by atoms with E-state index in [2.05, 4.69) is 40.5 Å². The summed E-state index contributed by atoms with van der Waals surface area (Å²) in [5, 5.41) is 23.2. The van der Waals surface area contributed by atoms with Gasteiger partial charge in [-0.1, -0.05) is 59.2 Å². The highest BCUT2D eigenvalue weighted by Crippen LogP contribution is 2.34. The monoisotopic (exact) mass is 481 g/mol. The second kappa shape index (κ2) is 10.4. The zero-order chi connectivity index (χ0) is 24.9. The number of oxime groups is 1. The number of nitrogens with zero attached hydrogens (tertiary/aromatic N) is 2. The van der Waals surface area contributed by atoms with E-state index in [-0.39, 0.29) is 11.5 Å². The van der Waals surface area contributed by atoms with Gasteiger partial charge in [0.1, 0.15) is 0 Å². The fourth-order valence-corrected chi connectivity index (χ4v) is 4.48. The van der Waals surface area contributed by atoms with Crippen molar-refractivity contribution in [2.45, 2.75) is 26.2 Å². The normalized spacial score (nSPS) is 12.2. The van der Waals surface area contributed by atoms with Gasteiger partial charge in [0, 0.05) is 34.7 Å². The number of pyridine rings is 1. The van der Waals surface area contributed by atoms with Crippen LogP contribution in [0.2, 0.25) is 5.02 Å². The van der Waals surface area contributed by atoms with Gasteiger partial charge in [0.25, 0.3) is 5.56 Å². The van der Waals surface area contributed by atoms with Gasteiger partial charge in [-0.25, -0.2) is 0 Å². The average Bonchev–Trinajstić information content (AvgIpc) is 2.87. The zero-order valence-electron chi connectivity index (χ0n) is 19.4. The molecule has 0 saturated carbocycles. The Morgan fingerprint density at radius 2 is 1.66 bits per heavy atom. The van der Waals surface area contributed by atoms with Crippen molar-refractivity contribution in [3.8, 4) is 17.2 Å². The summed E-state index contributed by atoms with van der Waals surface area (Å²) in [6, 6.07) is 25.4. The van der Waals surface area contributed by atoms with Crippen LogP contribution >= 0.6 is 11.6 Å². The molecule has 35 heavy (non-hydrogen) atoms. The molecule has 2 N–H and O–H groups in total. The molecule has 1 atom stereocenters. The third-order valence-electron chi connectivity index (χ3n) is 6.21. The highest BCUT2D eigenvalue weighted by molar-refractivity contribution is 6.30. The highest BCUT2D eigenvalue weighted by atomic mass is 35.5. The first-order chi connectivity index (χ1) is 16.9. The molecule has 0 fully saturated rings. The summed E-state index contributed by atoms with van der Waals surface area (Å²) in [7, 11) is 0. The van der Waals surface area contributed by atoms with Crippen LogP contribution in [0.1, 0.15) is 45.7 Å². The van der Waals surface area contributed by atoms with Crippen molar-refractivity contribution in [3.05, 3.63) is 128 Å². The van der Waals surface area contributed by atoms with E-state index in [1.807, 2.05) is 37.3 Å². The van der Waals surface area contributed by atoms with Crippen LogP contribution < -0.4 is 5.56 Å². The molecule has 6 heteroatoms. The predicted octanol–water partition coefficient (Wildman–Crippen LogP) is 6.58. The number of halogens is 1. The molecule has 4 rings (SSSR count). The maximum atomic E-state index is 11.8. The fraction of sp³-hybridized carbons (Fsp3) is 0.138. The lowest BCUT2D eigenvalue weighted by atomic mass is 9.83. The number of hydrogen-bond acceptors (Lipinski definition) is 4. The molecular formula is C29H24ClN3O2. The average molecular weight is 482 g/mol. The number of rotatable bonds is 6. The van der Waals surface area contributed by atoms with Gasteiger partial charge in [0.2, 0.25) is 0 Å². The van der Waals surface area contributed by atoms with Crippen molar-refractivity contribution in [3.63, 3.8) is 0 Å². The Bertz CT molecular complexity index is 1480. The van der Waals surface area contributed by atoms with Crippen LogP contribution in [0.25, 0.3) is 11.1 Å². The highest BCUT2D eigenvalue weighted by Gasteiger charge is 2.21. The molecule has 0 saturated heterocycles. The van der Waals surface area contributed by atoms with Crippen LogP contribution in [-0.2, 0) is 0 Å². The van der Waals surface area contributed by atoms with Gasteiger partial charge in [-0.3, -0.25) is 4.79 Å². The Morgan fingerprint density at radius 3 is 2.23 bits per heavy atom. The van der Waals surface area contributed by atoms with E-state index in [4.69, 9.17) is 16.9 Å². The van der Waals surface area contributed by atoms with E-state index in [9.17, 15) is 10.0 Å². The van der Waals surface area contributed by atoms with E-state index in [0.29, 0.717) is 33.8 Å². The molecule has 5 nitrogen and oxygen atoms in total. The summed E-state index contributed by atoms with van der Waals surface area (Å²) in [5.74, 6) is -0.111. The molecule has 174 valence electrons. The Hall–Kier alpha value is -4.14. The lowest BCUT2D eigenvalue weighted by molar-refractivity contribution is 0.317. The molecule has 1 aromatic heterocycles. The number of nitriles is 1. The van der Waals surface area contributed by atoms with E-state index >= 15 is 0 Å². The van der Waals surface area contributed by atoms with E-state index in [1.54, 1.807) is 31.3 Å². The van der Waals surface area contributed by atoms with Crippen molar-refractivity contribution in [2.24, 2.45) is 5.16 Å². The van der Waals surface area contributed by atoms with E-state index < -0.39 is 0 Å². The Labute approximate surface area is 209 Å². The number of H-pyrrole nitrogens is 1. The van der Waals surface area contributed by atoms with Crippen LogP contribution in [0.15, 0.2) is 88.9 Å². The third kappa shape index (κ3) is 5.34. The second-order valence-electron chi connectivity index (χ2n) is 8.52. The van der Waals surface area contributed by atoms with Gasteiger partial charge in [0.05, 0.1) is 17.3 Å². The summed E-state index contributed by atoms with van der Waals surface area (Å²) in [6.45, 7) is 3.74. The standard InChI is InChI=1S/C29H24ClN3O2/c1-18-14-25(30)11-12-26(18)27(15-28(33-35)24-13-19(2)29(34)32-17-24)23-9-7-22(8-10-23)21-5-3-20(16-31)4-6-21/h3-14,17,27,35H,15H2,1-2H3,(H,32,34)/b33-28+. The van der Waals surface area contributed by atoms with Crippen molar-refractivity contribution >= 4 is 17.3 Å². The molecule has 1 unspecified atom stereocenters. The number of aryl methyl sites for hydroxylation is 2. The SMILES string of the molecule is Cc1cc(Cl)ccc1C(C/C(=N\O)c1c[nH]c(=O)c(C)c1)c1ccc(-c2ccc(C#N)cc2)cc1. The first-order valence-electron chi connectivity index (χ1n) is 11.2. The minimum Gasteiger partial charge on any atom is -0.411 e. The van der Waals surface area contributed by atoms with Crippen LogP contribution in [0.5, 0.6) is 0 Å². The summed E-state index contributed by atoms with van der Waals surface area (Å²) in [5.41, 5.74) is 7.36. The van der Waals surface area contributed by atoms with Crippen molar-refractivity contribution in [1.29, 1.82) is 5.26 Å². The lowest BCUT2D eigenvalue weighted by Gasteiger charge is -2.21. The largest absolute Gasteiger partial charge is 0.411 e. The maximum absolute atomic E-state index is 11.8. The van der Waals surface area contributed by atoms with Crippen LogP contribution in [0.3, 0.4) is 0 Å².